The molecule has 1 aliphatic heterocycles. The van der Waals surface area contributed by atoms with Crippen LogP contribution in [0.4, 0.5) is 5.13 Å². The van der Waals surface area contributed by atoms with Crippen molar-refractivity contribution in [2.24, 2.45) is 5.92 Å². The second kappa shape index (κ2) is 11.6. The first-order chi connectivity index (χ1) is 18.0. The Bertz CT molecular complexity index is 1190. The first-order valence-electron chi connectivity index (χ1n) is 13.4. The third-order valence-electron chi connectivity index (χ3n) is 7.97. The molecule has 1 aromatic heterocycles. The van der Waals surface area contributed by atoms with Crippen molar-refractivity contribution < 1.29 is 9.59 Å². The van der Waals surface area contributed by atoms with Crippen LogP contribution >= 0.6 is 11.3 Å². The van der Waals surface area contributed by atoms with E-state index in [4.69, 9.17) is 0 Å². The zero-order valence-corrected chi connectivity index (χ0v) is 22.3. The number of anilines is 1. The molecule has 0 unspecified atom stereocenters. The van der Waals surface area contributed by atoms with Crippen LogP contribution in [0.15, 0.2) is 60.0 Å². The van der Waals surface area contributed by atoms with E-state index in [9.17, 15) is 9.59 Å². The van der Waals surface area contributed by atoms with Gasteiger partial charge in [-0.2, -0.15) is 0 Å². The number of hydrogen-bond donors (Lipinski definition) is 3. The molecule has 6 nitrogen and oxygen atoms in total. The summed E-state index contributed by atoms with van der Waals surface area (Å²) in [4.78, 5) is 30.9. The van der Waals surface area contributed by atoms with Gasteiger partial charge in [0.2, 0.25) is 11.8 Å². The number of amides is 2. The first-order valence-corrected chi connectivity index (χ1v) is 14.3. The van der Waals surface area contributed by atoms with Crippen molar-refractivity contribution in [2.45, 2.75) is 63.3 Å². The van der Waals surface area contributed by atoms with Crippen LogP contribution in [0, 0.1) is 12.8 Å². The van der Waals surface area contributed by atoms with Gasteiger partial charge in [-0.15, -0.1) is 11.3 Å². The standard InChI is InChI=1S/C30H36N4O2S/c1-21-7-11-23(12-8-21)26-20-37-29(33-26)34-27(35)19-22-9-13-25(14-10-22)32-28(36)30(15-17-31-18-16-30)24-5-3-2-4-6-24/h2-8,11-12,20,22,25,31H,9-10,13-19H2,1H3,(H,32,36)(H,33,34,35). The number of benzene rings is 2. The molecule has 2 amide bonds. The molecule has 7 heteroatoms. The summed E-state index contributed by atoms with van der Waals surface area (Å²) in [6.07, 6.45) is 5.87. The van der Waals surface area contributed by atoms with Crippen LogP contribution in [0.25, 0.3) is 11.3 Å². The van der Waals surface area contributed by atoms with E-state index < -0.39 is 5.41 Å². The van der Waals surface area contributed by atoms with Crippen LogP contribution in [-0.4, -0.2) is 35.9 Å². The Morgan fingerprint density at radius 2 is 1.70 bits per heavy atom. The van der Waals surface area contributed by atoms with Crippen LogP contribution < -0.4 is 16.0 Å². The largest absolute Gasteiger partial charge is 0.353 e. The van der Waals surface area contributed by atoms with E-state index in [1.54, 1.807) is 0 Å². The summed E-state index contributed by atoms with van der Waals surface area (Å²) in [5.74, 6) is 0.524. The van der Waals surface area contributed by atoms with Gasteiger partial charge in [0.1, 0.15) is 0 Å². The van der Waals surface area contributed by atoms with Gasteiger partial charge in [-0.25, -0.2) is 4.98 Å². The topological polar surface area (TPSA) is 83.1 Å². The highest BCUT2D eigenvalue weighted by Crippen LogP contribution is 2.35. The predicted molar refractivity (Wildman–Crippen MR) is 150 cm³/mol. The van der Waals surface area contributed by atoms with Gasteiger partial charge in [0.15, 0.2) is 5.13 Å². The van der Waals surface area contributed by atoms with Gasteiger partial charge in [-0.05, 0) is 70.0 Å². The van der Waals surface area contributed by atoms with Gasteiger partial charge >= 0.3 is 0 Å². The van der Waals surface area contributed by atoms with Crippen molar-refractivity contribution in [3.05, 3.63) is 71.1 Å². The van der Waals surface area contributed by atoms with Crippen LogP contribution in [0.2, 0.25) is 0 Å². The number of aromatic nitrogens is 1. The van der Waals surface area contributed by atoms with E-state index in [0.29, 0.717) is 17.5 Å². The maximum Gasteiger partial charge on any atom is 0.230 e. The Morgan fingerprint density at radius 1 is 1.00 bits per heavy atom. The highest BCUT2D eigenvalue weighted by molar-refractivity contribution is 7.14. The lowest BCUT2D eigenvalue weighted by atomic mass is 9.72. The van der Waals surface area contributed by atoms with E-state index >= 15 is 0 Å². The second-order valence-corrected chi connectivity index (χ2v) is 11.4. The Kier molecular flexibility index (Phi) is 8.01. The van der Waals surface area contributed by atoms with Crippen molar-refractivity contribution in [1.29, 1.82) is 0 Å². The summed E-state index contributed by atoms with van der Waals surface area (Å²) in [7, 11) is 0. The molecular formula is C30H36N4O2S. The summed E-state index contributed by atoms with van der Waals surface area (Å²) in [5, 5.41) is 12.4. The molecule has 2 aromatic carbocycles. The predicted octanol–water partition coefficient (Wildman–Crippen LogP) is 5.44. The number of rotatable bonds is 7. The number of carbonyl (C=O) groups is 2. The molecular weight excluding hydrogens is 480 g/mol. The number of carbonyl (C=O) groups excluding carboxylic acids is 2. The average molecular weight is 517 g/mol. The lowest BCUT2D eigenvalue weighted by Crippen LogP contribution is -2.53. The van der Waals surface area contributed by atoms with Crippen molar-refractivity contribution in [3.8, 4) is 11.3 Å². The van der Waals surface area contributed by atoms with E-state index in [1.807, 2.05) is 23.6 Å². The zero-order chi connectivity index (χ0) is 25.7. The second-order valence-electron chi connectivity index (χ2n) is 10.5. The molecule has 2 aliphatic rings. The molecule has 1 saturated carbocycles. The Labute approximate surface area is 223 Å². The third kappa shape index (κ3) is 6.11. The summed E-state index contributed by atoms with van der Waals surface area (Å²) in [6, 6.07) is 18.7. The Balaban J connectivity index is 1.11. The van der Waals surface area contributed by atoms with Gasteiger partial charge in [0.05, 0.1) is 11.1 Å². The van der Waals surface area contributed by atoms with Crippen LogP contribution in [0.5, 0.6) is 0 Å². The molecule has 37 heavy (non-hydrogen) atoms. The average Bonchev–Trinajstić information content (AvgIpc) is 3.39. The number of nitrogens with one attached hydrogen (secondary N) is 3. The highest BCUT2D eigenvalue weighted by Gasteiger charge is 2.42. The first kappa shape index (κ1) is 25.6. The van der Waals surface area contributed by atoms with E-state index in [2.05, 4.69) is 64.3 Å². The zero-order valence-electron chi connectivity index (χ0n) is 21.5. The molecule has 194 valence electrons. The maximum atomic E-state index is 13.6. The molecule has 1 saturated heterocycles. The minimum Gasteiger partial charge on any atom is -0.353 e. The lowest BCUT2D eigenvalue weighted by molar-refractivity contribution is -0.129. The summed E-state index contributed by atoms with van der Waals surface area (Å²) in [6.45, 7) is 3.78. The van der Waals surface area contributed by atoms with Crippen LogP contribution in [0.1, 0.15) is 56.1 Å². The smallest absolute Gasteiger partial charge is 0.230 e. The number of hydrogen-bond acceptors (Lipinski definition) is 5. The van der Waals surface area contributed by atoms with E-state index in [0.717, 1.165) is 68.4 Å². The van der Waals surface area contributed by atoms with Crippen molar-refractivity contribution in [3.63, 3.8) is 0 Å². The molecule has 2 heterocycles. The molecule has 1 aliphatic carbocycles. The fourth-order valence-corrected chi connectivity index (χ4v) is 6.45. The van der Waals surface area contributed by atoms with Gasteiger partial charge in [0, 0.05) is 23.4 Å². The van der Waals surface area contributed by atoms with Crippen molar-refractivity contribution in [1.82, 2.24) is 15.6 Å². The van der Waals surface area contributed by atoms with E-state index in [-0.39, 0.29) is 17.9 Å². The normalized spacial score (nSPS) is 21.2. The number of aryl methyl sites for hydroxylation is 1. The maximum absolute atomic E-state index is 13.6. The van der Waals surface area contributed by atoms with Gasteiger partial charge in [-0.3, -0.25) is 9.59 Å². The van der Waals surface area contributed by atoms with Gasteiger partial charge in [-0.1, -0.05) is 60.2 Å². The molecule has 2 fully saturated rings. The Hall–Kier alpha value is -3.03. The molecule has 0 atom stereocenters. The SMILES string of the molecule is Cc1ccc(-c2csc(NC(=O)CC3CCC(NC(=O)C4(c5ccccc5)CCNCC4)CC3)n2)cc1. The molecule has 0 spiro atoms. The lowest BCUT2D eigenvalue weighted by Gasteiger charge is -2.39. The summed E-state index contributed by atoms with van der Waals surface area (Å²) < 4.78 is 0. The fourth-order valence-electron chi connectivity index (χ4n) is 5.71. The van der Waals surface area contributed by atoms with Crippen molar-refractivity contribution >= 4 is 28.3 Å². The number of thiazole rings is 1. The third-order valence-corrected chi connectivity index (χ3v) is 8.73. The minimum absolute atomic E-state index is 0.0232. The summed E-state index contributed by atoms with van der Waals surface area (Å²) >= 11 is 1.46. The van der Waals surface area contributed by atoms with Crippen LogP contribution in [0.3, 0.4) is 0 Å². The van der Waals surface area contributed by atoms with Gasteiger partial charge < -0.3 is 16.0 Å². The fraction of sp³-hybridized carbons (Fsp3) is 0.433. The van der Waals surface area contributed by atoms with E-state index in [1.165, 1.54) is 16.9 Å². The van der Waals surface area contributed by atoms with Gasteiger partial charge in [0.25, 0.3) is 0 Å². The molecule has 0 bridgehead atoms. The molecule has 0 radical (unpaired) electrons. The highest BCUT2D eigenvalue weighted by atomic mass is 32.1. The molecule has 5 rings (SSSR count). The quantitative estimate of drug-likeness (QED) is 0.390. The number of nitrogens with zero attached hydrogens (tertiary/aromatic N) is 1. The minimum atomic E-state index is -0.450. The Morgan fingerprint density at radius 3 is 2.41 bits per heavy atom. The van der Waals surface area contributed by atoms with Crippen molar-refractivity contribution in [2.75, 3.05) is 18.4 Å². The molecule has 3 aromatic rings. The molecule has 3 N–H and O–H groups in total. The van der Waals surface area contributed by atoms with Crippen LogP contribution in [-0.2, 0) is 15.0 Å². The number of piperidine rings is 1. The monoisotopic (exact) mass is 516 g/mol. The summed E-state index contributed by atoms with van der Waals surface area (Å²) in [5.41, 5.74) is 3.82.